The standard InChI is InChI=1S/C19H19Cl2N3O4/c1-11-14(20)6-5-7-15(11)22-23-18(12(2)25)19(26)24(21)16-9-8-13(27-3)10-17(16)28-4/h5-10,18H,1-4H3. The minimum Gasteiger partial charge on any atom is -0.497 e. The SMILES string of the molecule is COc1ccc(N(Cl)C(=O)C(N=Nc2cccc(Cl)c2C)C(C)=O)c(OC)c1. The van der Waals surface area contributed by atoms with E-state index in [1.807, 2.05) is 0 Å². The maximum absolute atomic E-state index is 12.8. The van der Waals surface area contributed by atoms with Gasteiger partial charge in [0.1, 0.15) is 17.2 Å². The van der Waals surface area contributed by atoms with E-state index in [0.717, 1.165) is 4.42 Å². The lowest BCUT2D eigenvalue weighted by atomic mass is 10.2. The molecule has 1 unspecified atom stereocenters. The molecule has 7 nitrogen and oxygen atoms in total. The van der Waals surface area contributed by atoms with Crippen LogP contribution in [0, 0.1) is 6.92 Å². The van der Waals surface area contributed by atoms with Gasteiger partial charge in [-0.25, -0.2) is 4.42 Å². The van der Waals surface area contributed by atoms with Crippen molar-refractivity contribution in [1.29, 1.82) is 0 Å². The van der Waals surface area contributed by atoms with Gasteiger partial charge in [0, 0.05) is 22.9 Å². The summed E-state index contributed by atoms with van der Waals surface area (Å²) in [5.41, 5.74) is 1.38. The maximum Gasteiger partial charge on any atom is 0.276 e. The number of amides is 1. The van der Waals surface area contributed by atoms with Gasteiger partial charge in [0.2, 0.25) is 6.04 Å². The Morgan fingerprint density at radius 3 is 2.46 bits per heavy atom. The lowest BCUT2D eigenvalue weighted by Crippen LogP contribution is -2.36. The van der Waals surface area contributed by atoms with Crippen molar-refractivity contribution in [2.45, 2.75) is 19.9 Å². The third kappa shape index (κ3) is 4.79. The molecule has 1 amide bonds. The normalized spacial score (nSPS) is 11.9. The Morgan fingerprint density at radius 2 is 1.86 bits per heavy atom. The molecule has 0 aliphatic carbocycles. The van der Waals surface area contributed by atoms with Gasteiger partial charge in [0.25, 0.3) is 5.91 Å². The number of carbonyl (C=O) groups is 2. The van der Waals surface area contributed by atoms with Crippen molar-refractivity contribution < 1.29 is 19.1 Å². The first kappa shape index (κ1) is 21.7. The molecule has 1 atom stereocenters. The molecular formula is C19H19Cl2N3O4. The summed E-state index contributed by atoms with van der Waals surface area (Å²) in [5, 5.41) is 8.43. The number of hydrogen-bond donors (Lipinski definition) is 0. The average Bonchev–Trinajstić information content (AvgIpc) is 2.69. The van der Waals surface area contributed by atoms with Crippen LogP contribution in [-0.4, -0.2) is 32.0 Å². The molecule has 148 valence electrons. The summed E-state index contributed by atoms with van der Waals surface area (Å²) >= 11 is 12.3. The van der Waals surface area contributed by atoms with Crippen molar-refractivity contribution in [1.82, 2.24) is 0 Å². The molecule has 0 aliphatic heterocycles. The van der Waals surface area contributed by atoms with E-state index in [9.17, 15) is 9.59 Å². The topological polar surface area (TPSA) is 80.6 Å². The summed E-state index contributed by atoms with van der Waals surface area (Å²) in [6.07, 6.45) is 0. The number of ketones is 1. The van der Waals surface area contributed by atoms with Gasteiger partial charge in [-0.1, -0.05) is 17.7 Å². The van der Waals surface area contributed by atoms with E-state index in [1.54, 1.807) is 37.3 Å². The van der Waals surface area contributed by atoms with Gasteiger partial charge in [0.05, 0.1) is 19.9 Å². The van der Waals surface area contributed by atoms with E-state index < -0.39 is 17.7 Å². The molecule has 0 spiro atoms. The third-order valence-electron chi connectivity index (χ3n) is 3.93. The lowest BCUT2D eigenvalue weighted by Gasteiger charge is -2.19. The molecule has 0 aliphatic rings. The molecular weight excluding hydrogens is 405 g/mol. The lowest BCUT2D eigenvalue weighted by molar-refractivity contribution is -0.126. The number of halogens is 2. The largest absolute Gasteiger partial charge is 0.497 e. The monoisotopic (exact) mass is 423 g/mol. The van der Waals surface area contributed by atoms with Crippen LogP contribution < -0.4 is 13.9 Å². The van der Waals surface area contributed by atoms with Crippen LogP contribution in [0.15, 0.2) is 46.6 Å². The number of nitrogens with zero attached hydrogens (tertiary/aromatic N) is 3. The van der Waals surface area contributed by atoms with Crippen LogP contribution in [0.3, 0.4) is 0 Å². The minimum absolute atomic E-state index is 0.246. The average molecular weight is 424 g/mol. The van der Waals surface area contributed by atoms with E-state index in [1.165, 1.54) is 27.2 Å². The third-order valence-corrected chi connectivity index (χ3v) is 4.69. The fourth-order valence-corrected chi connectivity index (χ4v) is 2.70. The van der Waals surface area contributed by atoms with Crippen molar-refractivity contribution >= 4 is 46.4 Å². The predicted molar refractivity (Wildman–Crippen MR) is 108 cm³/mol. The quantitative estimate of drug-likeness (QED) is 0.360. The number of ether oxygens (including phenoxy) is 2. The van der Waals surface area contributed by atoms with Gasteiger partial charge in [-0.05, 0) is 43.7 Å². The van der Waals surface area contributed by atoms with Crippen molar-refractivity contribution in [3.05, 3.63) is 47.0 Å². The van der Waals surface area contributed by atoms with Crippen LogP contribution in [0.25, 0.3) is 0 Å². The molecule has 28 heavy (non-hydrogen) atoms. The number of methoxy groups -OCH3 is 2. The van der Waals surface area contributed by atoms with E-state index in [-0.39, 0.29) is 5.69 Å². The molecule has 0 radical (unpaired) electrons. The summed E-state index contributed by atoms with van der Waals surface area (Å²) in [7, 11) is 2.93. The molecule has 0 saturated carbocycles. The zero-order chi connectivity index (χ0) is 20.8. The Morgan fingerprint density at radius 1 is 1.14 bits per heavy atom. The van der Waals surface area contributed by atoms with Crippen LogP contribution >= 0.6 is 23.4 Å². The second-order valence-electron chi connectivity index (χ2n) is 5.77. The Balaban J connectivity index is 2.33. The number of anilines is 1. The molecule has 0 fully saturated rings. The van der Waals surface area contributed by atoms with Crippen LogP contribution in [0.1, 0.15) is 12.5 Å². The highest BCUT2D eigenvalue weighted by Gasteiger charge is 2.30. The van der Waals surface area contributed by atoms with Gasteiger partial charge in [-0.15, -0.1) is 0 Å². The molecule has 0 heterocycles. The van der Waals surface area contributed by atoms with E-state index in [2.05, 4.69) is 10.2 Å². The van der Waals surface area contributed by atoms with Crippen molar-refractivity contribution in [2.24, 2.45) is 10.2 Å². The summed E-state index contributed by atoms with van der Waals surface area (Å²) in [4.78, 5) is 24.8. The van der Waals surface area contributed by atoms with Gasteiger partial charge in [-0.3, -0.25) is 9.59 Å². The highest BCUT2D eigenvalue weighted by molar-refractivity contribution is 6.39. The smallest absolute Gasteiger partial charge is 0.276 e. The Bertz CT molecular complexity index is 918. The van der Waals surface area contributed by atoms with Crippen LogP contribution in [0.4, 0.5) is 11.4 Å². The Kier molecular flexibility index (Phi) is 7.37. The summed E-state index contributed by atoms with van der Waals surface area (Å²) in [6, 6.07) is 8.39. The molecule has 9 heteroatoms. The van der Waals surface area contributed by atoms with Crippen molar-refractivity contribution in [2.75, 3.05) is 18.6 Å². The number of benzene rings is 2. The zero-order valence-corrected chi connectivity index (χ0v) is 17.3. The molecule has 0 aromatic heterocycles. The first-order chi connectivity index (χ1) is 13.3. The molecule has 0 N–H and O–H groups in total. The number of azo groups is 1. The molecule has 2 aromatic rings. The maximum atomic E-state index is 12.8. The summed E-state index contributed by atoms with van der Waals surface area (Å²) in [6.45, 7) is 3.00. The van der Waals surface area contributed by atoms with Crippen LogP contribution in [-0.2, 0) is 9.59 Å². The van der Waals surface area contributed by atoms with Crippen LogP contribution in [0.5, 0.6) is 11.5 Å². The molecule has 2 aromatic carbocycles. The van der Waals surface area contributed by atoms with Gasteiger partial charge < -0.3 is 9.47 Å². The number of rotatable bonds is 7. The van der Waals surface area contributed by atoms with Crippen molar-refractivity contribution in [3.8, 4) is 11.5 Å². The first-order valence-corrected chi connectivity index (χ1v) is 8.90. The second kappa shape index (κ2) is 9.52. The van der Waals surface area contributed by atoms with Gasteiger partial charge in [-0.2, -0.15) is 10.2 Å². The number of Topliss-reactive ketones (excluding diaryl/α,β-unsaturated/α-hetero) is 1. The molecule has 0 saturated heterocycles. The zero-order valence-electron chi connectivity index (χ0n) is 15.8. The molecule has 2 rings (SSSR count). The number of carbonyl (C=O) groups excluding carboxylic acids is 2. The van der Waals surface area contributed by atoms with Crippen LogP contribution in [0.2, 0.25) is 5.02 Å². The highest BCUT2D eigenvalue weighted by Crippen LogP contribution is 2.34. The minimum atomic E-state index is -1.41. The Hall–Kier alpha value is -2.64. The predicted octanol–water partition coefficient (Wildman–Crippen LogP) is 4.89. The molecule has 0 bridgehead atoms. The number of hydrogen-bond acceptors (Lipinski definition) is 6. The van der Waals surface area contributed by atoms with E-state index in [0.29, 0.717) is 27.8 Å². The van der Waals surface area contributed by atoms with E-state index in [4.69, 9.17) is 32.9 Å². The fraction of sp³-hybridized carbons (Fsp3) is 0.263. The highest BCUT2D eigenvalue weighted by atomic mass is 35.5. The second-order valence-corrected chi connectivity index (χ2v) is 6.51. The fourth-order valence-electron chi connectivity index (χ4n) is 2.30. The van der Waals surface area contributed by atoms with Crippen molar-refractivity contribution in [3.63, 3.8) is 0 Å². The van der Waals surface area contributed by atoms with Gasteiger partial charge >= 0.3 is 0 Å². The van der Waals surface area contributed by atoms with E-state index >= 15 is 0 Å². The first-order valence-electron chi connectivity index (χ1n) is 8.18. The summed E-state index contributed by atoms with van der Waals surface area (Å²) in [5.74, 6) is -0.447. The Labute approximate surface area is 173 Å². The van der Waals surface area contributed by atoms with Gasteiger partial charge in [0.15, 0.2) is 5.78 Å². The summed E-state index contributed by atoms with van der Waals surface area (Å²) < 4.78 is 11.2.